The lowest BCUT2D eigenvalue weighted by atomic mass is 9.93. The molecule has 0 aromatic carbocycles. The molecule has 0 spiro atoms. The molecule has 4 heterocycles. The predicted molar refractivity (Wildman–Crippen MR) is 189 cm³/mol. The summed E-state index contributed by atoms with van der Waals surface area (Å²) in [5, 5.41) is 8.64. The highest BCUT2D eigenvalue weighted by Crippen LogP contribution is 2.25. The fraction of sp³-hybridized carbons (Fsp3) is 0.500. The van der Waals surface area contributed by atoms with Gasteiger partial charge in [0, 0.05) is 70.5 Å². The number of allylic oxidation sites excluding steroid dienone is 1. The highest BCUT2D eigenvalue weighted by Gasteiger charge is 2.23. The van der Waals surface area contributed by atoms with Gasteiger partial charge >= 0.3 is 5.97 Å². The van der Waals surface area contributed by atoms with E-state index in [1.165, 1.54) is 24.0 Å². The molecule has 0 radical (unpaired) electrons. The van der Waals surface area contributed by atoms with Gasteiger partial charge in [0.25, 0.3) is 5.91 Å². The molecule has 276 valence electrons. The van der Waals surface area contributed by atoms with Crippen molar-refractivity contribution in [2.45, 2.75) is 57.6 Å². The van der Waals surface area contributed by atoms with E-state index in [-0.39, 0.29) is 50.1 Å². The Morgan fingerprint density at radius 1 is 1.12 bits per heavy atom. The number of hydrogen-bond donors (Lipinski definition) is 2. The topological polar surface area (TPSA) is 170 Å². The summed E-state index contributed by atoms with van der Waals surface area (Å²) in [4.78, 5) is 55.3. The zero-order valence-electron chi connectivity index (χ0n) is 28.7. The number of nitrogens with two attached hydrogens (primary N) is 1. The summed E-state index contributed by atoms with van der Waals surface area (Å²) in [5.41, 5.74) is 5.89. The Balaban J connectivity index is 0.00000605. The maximum atomic E-state index is 14.6. The highest BCUT2D eigenvalue weighted by atomic mass is 32.1. The Morgan fingerprint density at radius 2 is 1.88 bits per heavy atom. The Hall–Kier alpha value is -4.45. The molecule has 0 unspecified atom stereocenters. The average Bonchev–Trinajstić information content (AvgIpc) is 3.83. The van der Waals surface area contributed by atoms with Crippen LogP contribution in [0, 0.1) is 11.8 Å². The van der Waals surface area contributed by atoms with Crippen LogP contribution in [0.15, 0.2) is 40.6 Å². The molecule has 0 bridgehead atoms. The first-order valence-corrected chi connectivity index (χ1v) is 17.9. The summed E-state index contributed by atoms with van der Waals surface area (Å²) < 4.78 is 40.7. The van der Waals surface area contributed by atoms with Crippen LogP contribution in [0.25, 0.3) is 16.3 Å². The van der Waals surface area contributed by atoms with E-state index in [1.54, 1.807) is 0 Å². The maximum Gasteiger partial charge on any atom is 0.306 e. The summed E-state index contributed by atoms with van der Waals surface area (Å²) in [7, 11) is 2.07. The van der Waals surface area contributed by atoms with Gasteiger partial charge in [0.05, 0.1) is 36.2 Å². The fourth-order valence-corrected chi connectivity index (χ4v) is 6.48. The molecule has 2 aliphatic rings. The van der Waals surface area contributed by atoms with Crippen molar-refractivity contribution in [1.82, 2.24) is 34.9 Å². The SMILES string of the molecule is CCOC1CCC(N=C/C(NC(=O)c2csc(-c3cnn(C(=O)CCC(=O)OCCN4CCN(C)CC4)c3)n2)=C(\N)c2nc(F)ccc2F)CC1.[HH]. The predicted octanol–water partition coefficient (Wildman–Crippen LogP) is 3.61. The molecule has 17 heteroatoms. The third-order valence-electron chi connectivity index (χ3n) is 8.70. The van der Waals surface area contributed by atoms with E-state index in [4.69, 9.17) is 15.2 Å². The molecule has 2 fully saturated rings. The summed E-state index contributed by atoms with van der Waals surface area (Å²) in [6.07, 6.45) is 7.40. The van der Waals surface area contributed by atoms with Gasteiger partial charge in [-0.05, 0) is 51.8 Å². The molecular weight excluding hydrogens is 684 g/mol. The number of carbonyl (C=O) groups is 3. The zero-order chi connectivity index (χ0) is 36.3. The Kier molecular flexibility index (Phi) is 13.5. The van der Waals surface area contributed by atoms with Gasteiger partial charge < -0.3 is 25.4 Å². The van der Waals surface area contributed by atoms with Gasteiger partial charge in [0.2, 0.25) is 11.9 Å². The number of nitrogens with one attached hydrogen (secondary N) is 1. The van der Waals surface area contributed by atoms with Crippen molar-refractivity contribution >= 4 is 41.0 Å². The van der Waals surface area contributed by atoms with Crippen molar-refractivity contribution in [1.29, 1.82) is 0 Å². The van der Waals surface area contributed by atoms with E-state index in [0.717, 1.165) is 80.0 Å². The van der Waals surface area contributed by atoms with Crippen molar-refractivity contribution in [2.24, 2.45) is 10.7 Å². The first kappa shape index (κ1) is 37.8. The third kappa shape index (κ3) is 10.8. The van der Waals surface area contributed by atoms with Crippen LogP contribution < -0.4 is 11.1 Å². The first-order chi connectivity index (χ1) is 24.6. The number of likely N-dealkylation sites (N-methyl/N-ethyl adjacent to an activating group) is 1. The summed E-state index contributed by atoms with van der Waals surface area (Å²) >= 11 is 1.14. The van der Waals surface area contributed by atoms with Crippen molar-refractivity contribution in [3.8, 4) is 10.6 Å². The standard InChI is InChI=1S/C34H43F2N9O5S.H2/c1-3-49-24-6-4-23(5-7-24)38-19-26(31(37)32-25(35)8-9-28(36)42-32)40-33(48)27-21-51-34(41-27)22-18-39-45(20-22)29(46)10-11-30(47)50-17-16-44-14-12-43(2)13-15-44;/h8-9,18-21,23-24H,3-7,10-17,37H2,1-2H3,(H,40,48);1H/b31-26+,38-19?;. The third-order valence-corrected chi connectivity index (χ3v) is 9.59. The molecule has 1 saturated carbocycles. The lowest BCUT2D eigenvalue weighted by Gasteiger charge is -2.32. The fourth-order valence-electron chi connectivity index (χ4n) is 5.70. The van der Waals surface area contributed by atoms with Crippen molar-refractivity contribution in [2.75, 3.05) is 53.0 Å². The number of ether oxygens (including phenoxy) is 2. The number of piperazine rings is 1. The second kappa shape index (κ2) is 18.2. The normalized spacial score (nSPS) is 19.2. The Bertz CT molecular complexity index is 1740. The molecule has 3 aromatic rings. The smallest absolute Gasteiger partial charge is 0.306 e. The van der Waals surface area contributed by atoms with Gasteiger partial charge in [-0.1, -0.05) is 0 Å². The number of nitrogens with zero attached hydrogens (tertiary/aromatic N) is 7. The molecule has 5 rings (SSSR count). The number of amides is 1. The lowest BCUT2D eigenvalue weighted by Crippen LogP contribution is -2.45. The summed E-state index contributed by atoms with van der Waals surface area (Å²) in [5.74, 6) is -3.34. The minimum absolute atomic E-state index is 0. The minimum atomic E-state index is -0.939. The number of carbonyl (C=O) groups excluding carboxylic acids is 3. The Morgan fingerprint density at radius 3 is 2.63 bits per heavy atom. The van der Waals surface area contributed by atoms with Gasteiger partial charge in [0.15, 0.2) is 5.82 Å². The van der Waals surface area contributed by atoms with Gasteiger partial charge in [-0.3, -0.25) is 24.3 Å². The molecular formula is C34H45F2N9O5S. The molecule has 1 aliphatic heterocycles. The van der Waals surface area contributed by atoms with E-state index in [0.29, 0.717) is 23.7 Å². The molecule has 1 amide bonds. The monoisotopic (exact) mass is 729 g/mol. The number of esters is 1. The van der Waals surface area contributed by atoms with E-state index in [9.17, 15) is 23.2 Å². The van der Waals surface area contributed by atoms with Crippen LogP contribution in [0.5, 0.6) is 0 Å². The molecule has 3 aromatic heterocycles. The molecule has 3 N–H and O–H groups in total. The molecule has 51 heavy (non-hydrogen) atoms. The highest BCUT2D eigenvalue weighted by molar-refractivity contribution is 7.13. The number of rotatable bonds is 14. The summed E-state index contributed by atoms with van der Waals surface area (Å²) in [6.45, 7) is 7.31. The summed E-state index contributed by atoms with van der Waals surface area (Å²) in [6, 6.07) is 1.69. The molecule has 0 atom stereocenters. The van der Waals surface area contributed by atoms with Crippen molar-refractivity contribution < 1.29 is 34.1 Å². The van der Waals surface area contributed by atoms with Gasteiger partial charge in [-0.15, -0.1) is 11.3 Å². The van der Waals surface area contributed by atoms with Crippen LogP contribution in [0.2, 0.25) is 0 Å². The van der Waals surface area contributed by atoms with Crippen LogP contribution in [-0.4, -0.2) is 119 Å². The first-order valence-electron chi connectivity index (χ1n) is 17.0. The van der Waals surface area contributed by atoms with Crippen LogP contribution in [0.4, 0.5) is 8.78 Å². The van der Waals surface area contributed by atoms with E-state index in [1.807, 2.05) is 6.92 Å². The quantitative estimate of drug-likeness (QED) is 0.141. The number of hydrogen-bond acceptors (Lipinski definition) is 13. The minimum Gasteiger partial charge on any atom is -0.464 e. The number of halogens is 2. The Labute approximate surface area is 300 Å². The van der Waals surface area contributed by atoms with Gasteiger partial charge in [0.1, 0.15) is 23.0 Å². The van der Waals surface area contributed by atoms with Gasteiger partial charge in [-0.25, -0.2) is 19.0 Å². The number of thiazole rings is 1. The zero-order valence-corrected chi connectivity index (χ0v) is 29.5. The van der Waals surface area contributed by atoms with Gasteiger partial charge in [-0.2, -0.15) is 9.49 Å². The van der Waals surface area contributed by atoms with E-state index >= 15 is 0 Å². The largest absolute Gasteiger partial charge is 0.464 e. The van der Waals surface area contributed by atoms with Crippen molar-refractivity contribution in [3.05, 3.63) is 58.8 Å². The van der Waals surface area contributed by atoms with E-state index in [2.05, 4.69) is 42.2 Å². The second-order valence-corrected chi connectivity index (χ2v) is 13.2. The van der Waals surface area contributed by atoms with E-state index < -0.39 is 35.2 Å². The van der Waals surface area contributed by atoms with Crippen molar-refractivity contribution in [3.63, 3.8) is 0 Å². The average molecular weight is 730 g/mol. The maximum absolute atomic E-state index is 14.6. The van der Waals surface area contributed by atoms with Crippen LogP contribution in [-0.2, 0) is 14.3 Å². The molecule has 1 aliphatic carbocycles. The number of pyridine rings is 1. The number of aliphatic imine (C=N–C) groups is 1. The van der Waals surface area contributed by atoms with Crippen LogP contribution >= 0.6 is 11.3 Å². The molecule has 1 saturated heterocycles. The lowest BCUT2D eigenvalue weighted by molar-refractivity contribution is -0.144. The second-order valence-electron chi connectivity index (χ2n) is 12.4. The number of aromatic nitrogens is 4. The molecule has 14 nitrogen and oxygen atoms in total. The van der Waals surface area contributed by atoms with Crippen LogP contribution in [0.3, 0.4) is 0 Å². The van der Waals surface area contributed by atoms with Crippen LogP contribution in [0.1, 0.15) is 67.9 Å².